The molecule has 1 aromatic heterocycles. The van der Waals surface area contributed by atoms with Gasteiger partial charge in [0.1, 0.15) is 0 Å². The van der Waals surface area contributed by atoms with Gasteiger partial charge >= 0.3 is 5.97 Å². The molecule has 0 aliphatic rings. The molecule has 0 saturated carbocycles. The third-order valence-electron chi connectivity index (χ3n) is 4.37. The van der Waals surface area contributed by atoms with Crippen LogP contribution in [0.25, 0.3) is 33.3 Å². The van der Waals surface area contributed by atoms with Crippen LogP contribution in [0.2, 0.25) is 0 Å². The van der Waals surface area contributed by atoms with Gasteiger partial charge in [-0.15, -0.1) is 0 Å². The van der Waals surface area contributed by atoms with Crippen molar-refractivity contribution >= 4 is 17.0 Å². The maximum Gasteiger partial charge on any atom is 0.337 e. The lowest BCUT2D eigenvalue weighted by atomic mass is 9.98. The summed E-state index contributed by atoms with van der Waals surface area (Å²) in [6.45, 7) is 0. The summed E-state index contributed by atoms with van der Waals surface area (Å²) in [5.74, 6) is -0.948. The molecule has 0 unspecified atom stereocenters. The van der Waals surface area contributed by atoms with Gasteiger partial charge in [-0.3, -0.25) is 0 Å². The highest BCUT2D eigenvalue weighted by Crippen LogP contribution is 2.29. The first-order chi connectivity index (χ1) is 12.1. The van der Waals surface area contributed by atoms with Crippen LogP contribution in [-0.4, -0.2) is 20.6 Å². The number of imidazole rings is 1. The highest BCUT2D eigenvalue weighted by Gasteiger charge is 2.15. The van der Waals surface area contributed by atoms with E-state index in [2.05, 4.69) is 17.1 Å². The lowest BCUT2D eigenvalue weighted by molar-refractivity contribution is 0.0698. The Kier molecular flexibility index (Phi) is 3.58. The van der Waals surface area contributed by atoms with E-state index in [1.54, 1.807) is 24.0 Å². The lowest BCUT2D eigenvalue weighted by Crippen LogP contribution is -2.01. The smallest absolute Gasteiger partial charge is 0.337 e. The second-order valence-corrected chi connectivity index (χ2v) is 6.00. The molecule has 1 heterocycles. The molecule has 0 radical (unpaired) electrons. The summed E-state index contributed by atoms with van der Waals surface area (Å²) in [5.41, 5.74) is 5.68. The molecular weight excluding hydrogens is 312 g/mol. The summed E-state index contributed by atoms with van der Waals surface area (Å²) in [4.78, 5) is 16.0. The molecule has 0 aliphatic carbocycles. The summed E-state index contributed by atoms with van der Waals surface area (Å²) in [5, 5.41) is 9.55. The Hall–Kier alpha value is -3.40. The second kappa shape index (κ2) is 5.91. The lowest BCUT2D eigenvalue weighted by Gasteiger charge is -2.08. The van der Waals surface area contributed by atoms with Crippen LogP contribution in [0.5, 0.6) is 0 Å². The second-order valence-electron chi connectivity index (χ2n) is 6.00. The highest BCUT2D eigenvalue weighted by atomic mass is 16.4. The van der Waals surface area contributed by atoms with Gasteiger partial charge in [-0.05, 0) is 34.4 Å². The van der Waals surface area contributed by atoms with Crippen molar-refractivity contribution in [3.05, 3.63) is 78.6 Å². The van der Waals surface area contributed by atoms with Gasteiger partial charge in [-0.1, -0.05) is 54.6 Å². The van der Waals surface area contributed by atoms with E-state index in [9.17, 15) is 9.90 Å². The summed E-state index contributed by atoms with van der Waals surface area (Å²) in [6, 6.07) is 21.9. The van der Waals surface area contributed by atoms with Gasteiger partial charge < -0.3 is 9.67 Å². The van der Waals surface area contributed by atoms with Crippen LogP contribution < -0.4 is 0 Å². The molecule has 0 saturated heterocycles. The van der Waals surface area contributed by atoms with Crippen molar-refractivity contribution < 1.29 is 9.90 Å². The molecule has 4 aromatic rings. The largest absolute Gasteiger partial charge is 0.478 e. The fraction of sp³-hybridized carbons (Fsp3) is 0.0476. The monoisotopic (exact) mass is 328 g/mol. The minimum absolute atomic E-state index is 0.264. The Bertz CT molecular complexity index is 1060. The molecule has 0 atom stereocenters. The number of rotatable bonds is 3. The predicted octanol–water partition coefficient (Wildman–Crippen LogP) is 4.61. The maximum absolute atomic E-state index is 11.6. The molecule has 0 fully saturated rings. The Morgan fingerprint density at radius 2 is 1.48 bits per heavy atom. The number of hydrogen-bond donors (Lipinski definition) is 1. The number of fused-ring (bicyclic) bond motifs is 1. The zero-order valence-corrected chi connectivity index (χ0v) is 13.7. The van der Waals surface area contributed by atoms with Crippen LogP contribution in [0.4, 0.5) is 0 Å². The Morgan fingerprint density at radius 3 is 2.12 bits per heavy atom. The molecular formula is C21H16N2O2. The molecule has 122 valence electrons. The topological polar surface area (TPSA) is 55.1 Å². The molecule has 3 aromatic carbocycles. The van der Waals surface area contributed by atoms with Crippen molar-refractivity contribution in [2.75, 3.05) is 0 Å². The van der Waals surface area contributed by atoms with Crippen molar-refractivity contribution in [3.8, 4) is 22.3 Å². The van der Waals surface area contributed by atoms with Gasteiger partial charge in [0, 0.05) is 7.05 Å². The van der Waals surface area contributed by atoms with Crippen LogP contribution in [0.3, 0.4) is 0 Å². The van der Waals surface area contributed by atoms with E-state index in [-0.39, 0.29) is 5.56 Å². The van der Waals surface area contributed by atoms with Crippen molar-refractivity contribution in [2.45, 2.75) is 0 Å². The number of carboxylic acid groups (broad SMARTS) is 1. The predicted molar refractivity (Wildman–Crippen MR) is 98.5 cm³/mol. The van der Waals surface area contributed by atoms with Crippen LogP contribution in [0.15, 0.2) is 73.1 Å². The number of aryl methyl sites for hydroxylation is 1. The van der Waals surface area contributed by atoms with Crippen LogP contribution in [0.1, 0.15) is 10.4 Å². The third-order valence-corrected chi connectivity index (χ3v) is 4.37. The number of nitrogens with zero attached hydrogens (tertiary/aromatic N) is 2. The molecule has 25 heavy (non-hydrogen) atoms. The van der Waals surface area contributed by atoms with E-state index in [0.717, 1.165) is 22.3 Å². The maximum atomic E-state index is 11.6. The first-order valence-electron chi connectivity index (χ1n) is 7.98. The van der Waals surface area contributed by atoms with Gasteiger partial charge in [0.15, 0.2) is 0 Å². The third kappa shape index (κ3) is 2.68. The van der Waals surface area contributed by atoms with E-state index in [4.69, 9.17) is 0 Å². The number of hydrogen-bond acceptors (Lipinski definition) is 2. The van der Waals surface area contributed by atoms with Crippen molar-refractivity contribution in [2.24, 2.45) is 7.05 Å². The van der Waals surface area contributed by atoms with E-state index < -0.39 is 5.97 Å². The van der Waals surface area contributed by atoms with Gasteiger partial charge in [0.2, 0.25) is 0 Å². The van der Waals surface area contributed by atoms with Crippen LogP contribution >= 0.6 is 0 Å². The highest BCUT2D eigenvalue weighted by molar-refractivity contribution is 6.03. The number of carbonyl (C=O) groups is 1. The van der Waals surface area contributed by atoms with E-state index >= 15 is 0 Å². The zero-order chi connectivity index (χ0) is 17.4. The van der Waals surface area contributed by atoms with Crippen molar-refractivity contribution in [3.63, 3.8) is 0 Å². The molecule has 0 aliphatic heterocycles. The molecule has 0 amide bonds. The average molecular weight is 328 g/mol. The molecule has 4 nitrogen and oxygen atoms in total. The van der Waals surface area contributed by atoms with E-state index in [1.165, 1.54) is 0 Å². The number of carboxylic acids is 1. The normalized spacial score (nSPS) is 10.9. The minimum atomic E-state index is -0.948. The van der Waals surface area contributed by atoms with Crippen LogP contribution in [0, 0.1) is 0 Å². The van der Waals surface area contributed by atoms with Gasteiger partial charge in [0.05, 0.1) is 22.9 Å². The summed E-state index contributed by atoms with van der Waals surface area (Å²) in [7, 11) is 1.80. The summed E-state index contributed by atoms with van der Waals surface area (Å²) in [6.07, 6.45) is 1.64. The fourth-order valence-corrected chi connectivity index (χ4v) is 3.11. The van der Waals surface area contributed by atoms with E-state index in [1.807, 2.05) is 48.5 Å². The first-order valence-corrected chi connectivity index (χ1v) is 7.98. The van der Waals surface area contributed by atoms with Gasteiger partial charge in [-0.25, -0.2) is 9.78 Å². The average Bonchev–Trinajstić information content (AvgIpc) is 3.03. The van der Waals surface area contributed by atoms with Gasteiger partial charge in [0.25, 0.3) is 0 Å². The SMILES string of the molecule is Cn1cnc2cc(-c3ccc(-c4ccccc4)cc3)cc(C(=O)O)c21. The van der Waals surface area contributed by atoms with Crippen LogP contribution in [-0.2, 0) is 7.05 Å². The Morgan fingerprint density at radius 1 is 0.880 bits per heavy atom. The van der Waals surface area contributed by atoms with E-state index in [0.29, 0.717) is 11.0 Å². The number of aromatic nitrogens is 2. The fourth-order valence-electron chi connectivity index (χ4n) is 3.11. The Labute approximate surface area is 145 Å². The van der Waals surface area contributed by atoms with Gasteiger partial charge in [-0.2, -0.15) is 0 Å². The Balaban J connectivity index is 1.81. The quantitative estimate of drug-likeness (QED) is 0.598. The number of aromatic carboxylic acids is 1. The van der Waals surface area contributed by atoms with Crippen molar-refractivity contribution in [1.29, 1.82) is 0 Å². The standard InChI is InChI=1S/C21H16N2O2/c1-23-13-22-19-12-17(11-18(20(19)23)21(24)25)16-9-7-15(8-10-16)14-5-3-2-4-6-14/h2-13H,1H3,(H,24,25). The zero-order valence-electron chi connectivity index (χ0n) is 13.7. The molecule has 0 spiro atoms. The molecule has 4 heteroatoms. The summed E-state index contributed by atoms with van der Waals surface area (Å²) < 4.78 is 1.74. The minimum Gasteiger partial charge on any atom is -0.478 e. The summed E-state index contributed by atoms with van der Waals surface area (Å²) >= 11 is 0. The molecule has 4 rings (SSSR count). The van der Waals surface area contributed by atoms with Crippen molar-refractivity contribution in [1.82, 2.24) is 9.55 Å². The molecule has 1 N–H and O–H groups in total. The number of benzene rings is 3. The first kappa shape index (κ1) is 15.1. The molecule has 0 bridgehead atoms.